The van der Waals surface area contributed by atoms with Crippen molar-refractivity contribution in [3.8, 4) is 0 Å². The maximum atomic E-state index is 12.6. The number of halogens is 1. The van der Waals surface area contributed by atoms with Crippen molar-refractivity contribution in [2.45, 2.75) is 55.6 Å². The van der Waals surface area contributed by atoms with Crippen LogP contribution in [0.15, 0.2) is 29.2 Å². The van der Waals surface area contributed by atoms with E-state index in [1.807, 2.05) is 0 Å². The van der Waals surface area contributed by atoms with Gasteiger partial charge in [-0.05, 0) is 68.5 Å². The highest BCUT2D eigenvalue weighted by Gasteiger charge is 2.30. The highest BCUT2D eigenvalue weighted by Crippen LogP contribution is 2.30. The summed E-state index contributed by atoms with van der Waals surface area (Å²) >= 11 is 0. The number of hydrogen-bond donors (Lipinski definition) is 2. The number of hydrogen-bond acceptors (Lipinski definition) is 4. The molecule has 0 spiro atoms. The lowest BCUT2D eigenvalue weighted by Gasteiger charge is -2.34. The van der Waals surface area contributed by atoms with Crippen LogP contribution in [0.3, 0.4) is 0 Å². The second-order valence-corrected chi connectivity index (χ2v) is 9.95. The van der Waals surface area contributed by atoms with Crippen molar-refractivity contribution in [2.24, 2.45) is 5.41 Å². The third kappa shape index (κ3) is 4.78. The molecule has 26 heavy (non-hydrogen) atoms. The Morgan fingerprint density at radius 2 is 1.73 bits per heavy atom. The maximum Gasteiger partial charge on any atom is 0.251 e. The molecule has 1 aliphatic carbocycles. The first-order chi connectivity index (χ1) is 11.9. The highest BCUT2D eigenvalue weighted by molar-refractivity contribution is 7.92. The summed E-state index contributed by atoms with van der Waals surface area (Å²) < 4.78 is 25.2. The van der Waals surface area contributed by atoms with Crippen molar-refractivity contribution in [1.29, 1.82) is 0 Å². The molecule has 1 aliphatic heterocycles. The molecule has 1 saturated heterocycles. The van der Waals surface area contributed by atoms with Gasteiger partial charge in [0, 0.05) is 12.1 Å². The largest absolute Gasteiger partial charge is 0.351 e. The molecule has 0 atom stereocenters. The highest BCUT2D eigenvalue weighted by atomic mass is 35.5. The molecule has 1 aromatic carbocycles. The molecule has 1 heterocycles. The lowest BCUT2D eigenvalue weighted by atomic mass is 9.81. The number of piperidine rings is 1. The number of rotatable bonds is 5. The fraction of sp³-hybridized carbons (Fsp3) is 0.632. The van der Waals surface area contributed by atoms with Gasteiger partial charge in [-0.2, -0.15) is 0 Å². The van der Waals surface area contributed by atoms with E-state index in [1.54, 1.807) is 24.3 Å². The van der Waals surface area contributed by atoms with Crippen molar-refractivity contribution in [2.75, 3.05) is 19.6 Å². The topological polar surface area (TPSA) is 75.3 Å². The van der Waals surface area contributed by atoms with Crippen LogP contribution in [0.5, 0.6) is 0 Å². The number of nitrogens with one attached hydrogen (secondary N) is 2. The summed E-state index contributed by atoms with van der Waals surface area (Å²) in [6.07, 6.45) is 5.56. The van der Waals surface area contributed by atoms with Gasteiger partial charge in [-0.25, -0.2) is 8.42 Å². The molecule has 146 valence electrons. The molecular weight excluding hydrogens is 372 g/mol. The predicted molar refractivity (Wildman–Crippen MR) is 106 cm³/mol. The van der Waals surface area contributed by atoms with Crippen LogP contribution < -0.4 is 10.6 Å². The zero-order valence-electron chi connectivity index (χ0n) is 15.3. The Bertz CT molecular complexity index is 707. The van der Waals surface area contributed by atoms with Crippen LogP contribution in [0.2, 0.25) is 0 Å². The van der Waals surface area contributed by atoms with Crippen LogP contribution in [0.25, 0.3) is 0 Å². The van der Waals surface area contributed by atoms with E-state index in [1.165, 1.54) is 0 Å². The van der Waals surface area contributed by atoms with E-state index in [9.17, 15) is 13.2 Å². The average molecular weight is 401 g/mol. The normalized spacial score (nSPS) is 20.3. The zero-order chi connectivity index (χ0) is 17.9. The number of sulfone groups is 1. The van der Waals surface area contributed by atoms with Gasteiger partial charge >= 0.3 is 0 Å². The Morgan fingerprint density at radius 1 is 1.15 bits per heavy atom. The minimum absolute atomic E-state index is 0. The van der Waals surface area contributed by atoms with Gasteiger partial charge in [0.05, 0.1) is 10.1 Å². The predicted octanol–water partition coefficient (Wildman–Crippen LogP) is 2.94. The van der Waals surface area contributed by atoms with E-state index in [0.717, 1.165) is 51.6 Å². The van der Waals surface area contributed by atoms with Crippen molar-refractivity contribution in [3.05, 3.63) is 29.8 Å². The number of carbonyl (C=O) groups is 1. The van der Waals surface area contributed by atoms with Crippen LogP contribution in [-0.2, 0) is 9.84 Å². The zero-order valence-corrected chi connectivity index (χ0v) is 16.9. The van der Waals surface area contributed by atoms with Crippen molar-refractivity contribution < 1.29 is 13.2 Å². The summed E-state index contributed by atoms with van der Waals surface area (Å²) in [4.78, 5) is 12.7. The molecule has 3 rings (SSSR count). The van der Waals surface area contributed by atoms with Crippen molar-refractivity contribution in [1.82, 2.24) is 10.6 Å². The Labute approximate surface area is 162 Å². The summed E-state index contributed by atoms with van der Waals surface area (Å²) in [7, 11) is -3.26. The molecule has 0 unspecified atom stereocenters. The lowest BCUT2D eigenvalue weighted by Crippen LogP contribution is -2.42. The molecule has 7 heteroatoms. The Morgan fingerprint density at radius 3 is 2.31 bits per heavy atom. The molecular formula is C19H29ClN2O3S. The van der Waals surface area contributed by atoms with E-state index in [2.05, 4.69) is 17.6 Å². The molecule has 0 bridgehead atoms. The average Bonchev–Trinajstić information content (AvgIpc) is 3.16. The third-order valence-electron chi connectivity index (χ3n) is 5.67. The molecule has 0 radical (unpaired) electrons. The van der Waals surface area contributed by atoms with Gasteiger partial charge in [-0.1, -0.05) is 19.8 Å². The Hall–Kier alpha value is -1.11. The fourth-order valence-corrected chi connectivity index (χ4v) is 5.64. The lowest BCUT2D eigenvalue weighted by molar-refractivity contribution is 0.0922. The summed E-state index contributed by atoms with van der Waals surface area (Å²) in [6.45, 7) is 4.82. The van der Waals surface area contributed by atoms with Crippen LogP contribution in [0.4, 0.5) is 0 Å². The monoisotopic (exact) mass is 400 g/mol. The molecule has 2 fully saturated rings. The van der Waals surface area contributed by atoms with E-state index in [-0.39, 0.29) is 29.0 Å². The first-order valence-electron chi connectivity index (χ1n) is 9.24. The number of carbonyl (C=O) groups excluding carboxylic acids is 1. The quantitative estimate of drug-likeness (QED) is 0.796. The van der Waals surface area contributed by atoms with Gasteiger partial charge in [-0.3, -0.25) is 4.79 Å². The maximum absolute atomic E-state index is 12.6. The second kappa shape index (κ2) is 8.72. The summed E-state index contributed by atoms with van der Waals surface area (Å²) in [6, 6.07) is 6.41. The summed E-state index contributed by atoms with van der Waals surface area (Å²) in [5.74, 6) is -0.135. The summed E-state index contributed by atoms with van der Waals surface area (Å²) in [5.41, 5.74) is 0.648. The van der Waals surface area contributed by atoms with Crippen LogP contribution >= 0.6 is 12.4 Å². The minimum atomic E-state index is -3.26. The molecule has 0 aromatic heterocycles. The van der Waals surface area contributed by atoms with Crippen molar-refractivity contribution in [3.63, 3.8) is 0 Å². The second-order valence-electron chi connectivity index (χ2n) is 7.72. The van der Waals surface area contributed by atoms with Gasteiger partial charge in [0.15, 0.2) is 9.84 Å². The van der Waals surface area contributed by atoms with Gasteiger partial charge in [0.2, 0.25) is 0 Å². The third-order valence-corrected chi connectivity index (χ3v) is 7.95. The fourth-order valence-electron chi connectivity index (χ4n) is 3.79. The first-order valence-corrected chi connectivity index (χ1v) is 10.8. The van der Waals surface area contributed by atoms with E-state index in [0.29, 0.717) is 17.0 Å². The standard InChI is InChI=1S/C19H28N2O3S.ClH/c1-19(10-12-20-13-11-19)14-21-18(22)15-6-8-17(9-7-15)25(23,24)16-4-2-3-5-16;/h6-9,16,20H,2-5,10-14H2,1H3,(H,21,22);1H. The molecule has 1 aromatic rings. The van der Waals surface area contributed by atoms with Crippen LogP contribution in [-0.4, -0.2) is 39.2 Å². The Kier molecular flexibility index (Phi) is 7.11. The van der Waals surface area contributed by atoms with Gasteiger partial charge in [-0.15, -0.1) is 12.4 Å². The number of benzene rings is 1. The molecule has 2 aliphatic rings. The first kappa shape index (κ1) is 21.2. The van der Waals surface area contributed by atoms with E-state index in [4.69, 9.17) is 0 Å². The summed E-state index contributed by atoms with van der Waals surface area (Å²) in [5, 5.41) is 6.08. The Balaban J connectivity index is 0.00000243. The van der Waals surface area contributed by atoms with Gasteiger partial charge < -0.3 is 10.6 Å². The van der Waals surface area contributed by atoms with Gasteiger partial charge in [0.1, 0.15) is 0 Å². The number of amides is 1. The van der Waals surface area contributed by atoms with Gasteiger partial charge in [0.25, 0.3) is 5.91 Å². The molecule has 2 N–H and O–H groups in total. The SMILES string of the molecule is CC1(CNC(=O)c2ccc(S(=O)(=O)C3CCCC3)cc2)CCNCC1.Cl. The van der Waals surface area contributed by atoms with Crippen LogP contribution in [0, 0.1) is 5.41 Å². The molecule has 1 amide bonds. The smallest absolute Gasteiger partial charge is 0.251 e. The molecule has 5 nitrogen and oxygen atoms in total. The molecule has 1 saturated carbocycles. The minimum Gasteiger partial charge on any atom is -0.351 e. The van der Waals surface area contributed by atoms with Crippen molar-refractivity contribution >= 4 is 28.2 Å². The van der Waals surface area contributed by atoms with Crippen LogP contribution in [0.1, 0.15) is 55.8 Å². The van der Waals surface area contributed by atoms with E-state index >= 15 is 0 Å². The van der Waals surface area contributed by atoms with E-state index < -0.39 is 9.84 Å².